The second-order valence-corrected chi connectivity index (χ2v) is 11.4. The molecule has 0 fully saturated rings. The second kappa shape index (κ2) is 13.0. The number of amides is 1. The van der Waals surface area contributed by atoms with Crippen molar-refractivity contribution >= 4 is 22.2 Å². The van der Waals surface area contributed by atoms with Crippen LogP contribution in [0.3, 0.4) is 0 Å². The summed E-state index contributed by atoms with van der Waals surface area (Å²) in [6.07, 6.45) is 1.85. The number of methoxy groups -OCH3 is 1. The van der Waals surface area contributed by atoms with Gasteiger partial charge in [0.1, 0.15) is 17.2 Å². The van der Waals surface area contributed by atoms with Gasteiger partial charge in [-0.1, -0.05) is 12.1 Å². The van der Waals surface area contributed by atoms with Crippen molar-refractivity contribution in [2.24, 2.45) is 5.73 Å². The number of nitrogens with zero attached hydrogens (tertiary/aromatic N) is 3. The van der Waals surface area contributed by atoms with Gasteiger partial charge >= 0.3 is 22.2 Å². The average molecular weight is 571 g/mol. The number of esters is 1. The van der Waals surface area contributed by atoms with Crippen molar-refractivity contribution in [3.63, 3.8) is 0 Å². The summed E-state index contributed by atoms with van der Waals surface area (Å²) in [5.74, 6) is -1.84. The molecule has 0 aliphatic carbocycles. The van der Waals surface area contributed by atoms with Gasteiger partial charge in [0.2, 0.25) is 5.75 Å². The third kappa shape index (κ3) is 9.03. The van der Waals surface area contributed by atoms with E-state index in [0.717, 1.165) is 18.9 Å². The molecule has 0 saturated carbocycles. The molecule has 1 aliphatic heterocycles. The van der Waals surface area contributed by atoms with E-state index in [1.807, 2.05) is 0 Å². The zero-order chi connectivity index (χ0) is 29.5. The van der Waals surface area contributed by atoms with Crippen LogP contribution in [0.1, 0.15) is 68.0 Å². The molecule has 1 aliphatic rings. The minimum Gasteiger partial charge on any atom is -0.464 e. The third-order valence-corrected chi connectivity index (χ3v) is 5.95. The maximum atomic E-state index is 13.0. The molecule has 0 radical (unpaired) electrons. The molecule has 216 valence electrons. The van der Waals surface area contributed by atoms with E-state index in [9.17, 15) is 27.2 Å². The molecule has 2 aromatic rings. The van der Waals surface area contributed by atoms with Crippen LogP contribution in [0.2, 0.25) is 0 Å². The topological polar surface area (TPSA) is 160 Å². The standard InChI is InChI=1S/C18H27N3O8S.C7H8FN/c1-18(2,3)28-17(24)20(4)11-9-7-8-10-21-14(11)19-12(16(23)27-5)13(15(21)22)29-30(6,25)26;8-7-3-1-6(5-9)2-4-7/h11H,7-10H2,1-6H3;1-4H,5,9H2. The summed E-state index contributed by atoms with van der Waals surface area (Å²) < 4.78 is 51.5. The summed E-state index contributed by atoms with van der Waals surface area (Å²) in [5.41, 5.74) is 4.10. The SMILES string of the molecule is COC(=O)c1nc2n(c(=O)c1OS(C)(=O)=O)CCCCC2N(C)C(=O)OC(C)(C)C.NCc1ccc(F)cc1. The van der Waals surface area contributed by atoms with Gasteiger partial charge in [-0.25, -0.2) is 19.0 Å². The van der Waals surface area contributed by atoms with E-state index in [0.29, 0.717) is 25.8 Å². The molecule has 1 atom stereocenters. The first-order valence-electron chi connectivity index (χ1n) is 12.1. The van der Waals surface area contributed by atoms with E-state index < -0.39 is 50.8 Å². The Kier molecular flexibility index (Phi) is 10.6. The van der Waals surface area contributed by atoms with Crippen LogP contribution in [0.15, 0.2) is 29.1 Å². The molecule has 2 N–H and O–H groups in total. The maximum Gasteiger partial charge on any atom is 0.410 e. The number of rotatable bonds is 5. The van der Waals surface area contributed by atoms with Crippen LogP contribution in [0.25, 0.3) is 0 Å². The lowest BCUT2D eigenvalue weighted by atomic mass is 10.1. The molecule has 39 heavy (non-hydrogen) atoms. The van der Waals surface area contributed by atoms with Crippen molar-refractivity contribution in [2.75, 3.05) is 20.4 Å². The largest absolute Gasteiger partial charge is 0.464 e. The van der Waals surface area contributed by atoms with Crippen LogP contribution in [0.5, 0.6) is 5.75 Å². The van der Waals surface area contributed by atoms with Crippen LogP contribution < -0.4 is 15.5 Å². The molecule has 1 aromatic carbocycles. The number of nitrogens with two attached hydrogens (primary N) is 1. The summed E-state index contributed by atoms with van der Waals surface area (Å²) in [7, 11) is -1.52. The number of aromatic nitrogens is 2. The summed E-state index contributed by atoms with van der Waals surface area (Å²) >= 11 is 0. The molecule has 0 spiro atoms. The number of benzene rings is 1. The molecule has 1 unspecified atom stereocenters. The van der Waals surface area contributed by atoms with Crippen molar-refractivity contribution in [3.05, 3.63) is 57.5 Å². The first kappa shape index (κ1) is 31.7. The Hall–Kier alpha value is -3.52. The molecule has 1 amide bonds. The average Bonchev–Trinajstić information content (AvgIpc) is 3.06. The van der Waals surface area contributed by atoms with Gasteiger partial charge in [-0.15, -0.1) is 0 Å². The van der Waals surface area contributed by atoms with Crippen LogP contribution in [-0.2, 0) is 32.7 Å². The highest BCUT2D eigenvalue weighted by Crippen LogP contribution is 2.30. The molecule has 12 nitrogen and oxygen atoms in total. The number of fused-ring (bicyclic) bond motifs is 1. The maximum absolute atomic E-state index is 13.0. The highest BCUT2D eigenvalue weighted by molar-refractivity contribution is 7.86. The Bertz CT molecular complexity index is 1340. The molecule has 1 aromatic heterocycles. The molecule has 0 saturated heterocycles. The summed E-state index contributed by atoms with van der Waals surface area (Å²) in [5, 5.41) is 0. The Labute approximate surface area is 227 Å². The fourth-order valence-electron chi connectivity index (χ4n) is 3.67. The first-order chi connectivity index (χ1) is 18.1. The Morgan fingerprint density at radius 2 is 1.82 bits per heavy atom. The van der Waals surface area contributed by atoms with Crippen molar-refractivity contribution < 1.29 is 36.1 Å². The van der Waals surface area contributed by atoms with Crippen LogP contribution in [-0.4, -0.2) is 60.9 Å². The van der Waals surface area contributed by atoms with E-state index in [-0.39, 0.29) is 18.2 Å². The monoisotopic (exact) mass is 570 g/mol. The zero-order valence-electron chi connectivity index (χ0n) is 22.9. The van der Waals surface area contributed by atoms with Crippen LogP contribution in [0, 0.1) is 5.82 Å². The summed E-state index contributed by atoms with van der Waals surface area (Å²) in [4.78, 5) is 43.4. The fourth-order valence-corrected chi connectivity index (χ4v) is 4.12. The predicted molar refractivity (Wildman–Crippen MR) is 140 cm³/mol. The van der Waals surface area contributed by atoms with Crippen LogP contribution >= 0.6 is 0 Å². The van der Waals surface area contributed by atoms with Crippen molar-refractivity contribution in [1.29, 1.82) is 0 Å². The van der Waals surface area contributed by atoms with E-state index in [4.69, 9.17) is 14.7 Å². The fraction of sp³-hybridized carbons (Fsp3) is 0.520. The van der Waals surface area contributed by atoms with Gasteiger partial charge in [-0.05, 0) is 57.7 Å². The summed E-state index contributed by atoms with van der Waals surface area (Å²) in [6.45, 7) is 5.88. The second-order valence-electron chi connectivity index (χ2n) is 9.82. The number of hydrogen-bond acceptors (Lipinski definition) is 10. The number of carbonyl (C=O) groups excluding carboxylic acids is 2. The van der Waals surface area contributed by atoms with Crippen molar-refractivity contribution in [2.45, 2.75) is 64.8 Å². The molecule has 2 heterocycles. The Morgan fingerprint density at radius 1 is 1.21 bits per heavy atom. The zero-order valence-corrected chi connectivity index (χ0v) is 23.7. The van der Waals surface area contributed by atoms with Gasteiger partial charge in [0.05, 0.1) is 19.4 Å². The Balaban J connectivity index is 0.000000499. The highest BCUT2D eigenvalue weighted by Gasteiger charge is 2.34. The van der Waals surface area contributed by atoms with Crippen LogP contribution in [0.4, 0.5) is 9.18 Å². The number of hydrogen-bond donors (Lipinski definition) is 1. The normalized spacial score (nSPS) is 15.1. The van der Waals surface area contributed by atoms with E-state index in [2.05, 4.69) is 9.72 Å². The van der Waals surface area contributed by atoms with Crippen molar-refractivity contribution in [3.8, 4) is 5.75 Å². The molecular weight excluding hydrogens is 535 g/mol. The molecule has 14 heteroatoms. The van der Waals surface area contributed by atoms with Gasteiger partial charge in [-0.2, -0.15) is 8.42 Å². The Morgan fingerprint density at radius 3 is 2.33 bits per heavy atom. The predicted octanol–water partition coefficient (Wildman–Crippen LogP) is 2.74. The number of ether oxygens (including phenoxy) is 2. The highest BCUT2D eigenvalue weighted by atomic mass is 32.2. The van der Waals surface area contributed by atoms with Crippen molar-refractivity contribution in [1.82, 2.24) is 14.5 Å². The quantitative estimate of drug-likeness (QED) is 0.418. The summed E-state index contributed by atoms with van der Waals surface area (Å²) in [6, 6.07) is 5.49. The third-order valence-electron chi connectivity index (χ3n) is 5.48. The molecule has 0 bridgehead atoms. The molecule has 3 rings (SSSR count). The minimum atomic E-state index is -4.11. The van der Waals surface area contributed by atoms with Gasteiger partial charge in [0.15, 0.2) is 5.69 Å². The smallest absolute Gasteiger partial charge is 0.410 e. The lowest BCUT2D eigenvalue weighted by Crippen LogP contribution is -2.39. The van der Waals surface area contributed by atoms with Gasteiger partial charge in [0.25, 0.3) is 5.56 Å². The first-order valence-corrected chi connectivity index (χ1v) is 13.9. The van der Waals surface area contributed by atoms with E-state index in [1.165, 1.54) is 28.6 Å². The number of halogens is 1. The lowest BCUT2D eigenvalue weighted by Gasteiger charge is -2.30. The van der Waals surface area contributed by atoms with E-state index in [1.54, 1.807) is 32.9 Å². The number of carbonyl (C=O) groups is 2. The lowest BCUT2D eigenvalue weighted by molar-refractivity contribution is 0.0202. The van der Waals surface area contributed by atoms with Gasteiger partial charge in [0, 0.05) is 20.1 Å². The van der Waals surface area contributed by atoms with Gasteiger partial charge in [-0.3, -0.25) is 9.36 Å². The minimum absolute atomic E-state index is 0.132. The van der Waals surface area contributed by atoms with E-state index >= 15 is 0 Å². The molecular formula is C25H35FN4O8S. The van der Waals surface area contributed by atoms with Gasteiger partial charge < -0.3 is 24.3 Å².